The molecule has 0 bridgehead atoms. The Morgan fingerprint density at radius 3 is 2.64 bits per heavy atom. The fraction of sp³-hybridized carbons (Fsp3) is 0.421. The molecule has 1 aliphatic rings. The molecule has 0 saturated carbocycles. The van der Waals surface area contributed by atoms with E-state index in [1.165, 1.54) is 0 Å². The highest BCUT2D eigenvalue weighted by Crippen LogP contribution is 2.21. The highest BCUT2D eigenvalue weighted by molar-refractivity contribution is 5.95. The Labute approximate surface area is 147 Å². The molecule has 2 aromatic rings. The molecule has 1 N–H and O–H groups in total. The van der Waals surface area contributed by atoms with Gasteiger partial charge in [-0.25, -0.2) is 0 Å². The molecule has 1 saturated heterocycles. The van der Waals surface area contributed by atoms with Crippen LogP contribution in [0.25, 0.3) is 0 Å². The monoisotopic (exact) mass is 341 g/mol. The molecule has 0 radical (unpaired) electrons. The van der Waals surface area contributed by atoms with Crippen molar-refractivity contribution in [2.75, 3.05) is 11.4 Å². The van der Waals surface area contributed by atoms with Crippen LogP contribution in [0.4, 0.5) is 5.69 Å². The molecule has 1 aliphatic heterocycles. The standard InChI is InChI=1S/C19H23N3O3/c1-13-17(14(2)25-21-13)9-10-18(23)20-12-15-5-7-16(8-6-15)22-11-3-4-19(22)24/h5-8H,3-4,9-12H2,1-2H3,(H,20,23). The summed E-state index contributed by atoms with van der Waals surface area (Å²) < 4.78 is 5.11. The van der Waals surface area contributed by atoms with Crippen LogP contribution in [0.2, 0.25) is 0 Å². The summed E-state index contributed by atoms with van der Waals surface area (Å²) in [4.78, 5) is 25.6. The zero-order chi connectivity index (χ0) is 17.8. The molecule has 25 heavy (non-hydrogen) atoms. The molecule has 1 aromatic heterocycles. The first kappa shape index (κ1) is 17.2. The topological polar surface area (TPSA) is 75.4 Å². The zero-order valence-corrected chi connectivity index (χ0v) is 14.7. The van der Waals surface area contributed by atoms with Crippen molar-refractivity contribution in [3.8, 4) is 0 Å². The fourth-order valence-electron chi connectivity index (χ4n) is 3.10. The van der Waals surface area contributed by atoms with Gasteiger partial charge in [-0.15, -0.1) is 0 Å². The van der Waals surface area contributed by atoms with E-state index in [1.807, 2.05) is 43.0 Å². The second kappa shape index (κ2) is 7.51. The number of aromatic nitrogens is 1. The number of carbonyl (C=O) groups is 2. The third kappa shape index (κ3) is 4.07. The van der Waals surface area contributed by atoms with Crippen LogP contribution >= 0.6 is 0 Å². The molecule has 6 heteroatoms. The van der Waals surface area contributed by atoms with Crippen LogP contribution in [-0.4, -0.2) is 23.5 Å². The summed E-state index contributed by atoms with van der Waals surface area (Å²) in [6.07, 6.45) is 2.58. The molecule has 3 rings (SSSR count). The van der Waals surface area contributed by atoms with Crippen molar-refractivity contribution in [2.24, 2.45) is 0 Å². The second-order valence-electron chi connectivity index (χ2n) is 6.39. The lowest BCUT2D eigenvalue weighted by atomic mass is 10.1. The lowest BCUT2D eigenvalue weighted by Crippen LogP contribution is -2.24. The van der Waals surface area contributed by atoms with Crippen LogP contribution in [0.1, 0.15) is 41.8 Å². The number of anilines is 1. The van der Waals surface area contributed by atoms with E-state index in [9.17, 15) is 9.59 Å². The summed E-state index contributed by atoms with van der Waals surface area (Å²) in [6, 6.07) is 7.79. The number of hydrogen-bond acceptors (Lipinski definition) is 4. The van der Waals surface area contributed by atoms with Gasteiger partial charge in [0.1, 0.15) is 5.76 Å². The molecule has 0 spiro atoms. The second-order valence-corrected chi connectivity index (χ2v) is 6.39. The first-order valence-electron chi connectivity index (χ1n) is 8.62. The number of aryl methyl sites for hydroxylation is 2. The van der Waals surface area contributed by atoms with Crippen LogP contribution in [0.5, 0.6) is 0 Å². The molecule has 1 fully saturated rings. The van der Waals surface area contributed by atoms with Gasteiger partial charge < -0.3 is 14.7 Å². The van der Waals surface area contributed by atoms with E-state index >= 15 is 0 Å². The summed E-state index contributed by atoms with van der Waals surface area (Å²) in [7, 11) is 0. The van der Waals surface area contributed by atoms with Gasteiger partial charge in [0, 0.05) is 37.2 Å². The summed E-state index contributed by atoms with van der Waals surface area (Å²) >= 11 is 0. The summed E-state index contributed by atoms with van der Waals surface area (Å²) in [5.74, 6) is 0.955. The molecule has 132 valence electrons. The molecular formula is C19H23N3O3. The zero-order valence-electron chi connectivity index (χ0n) is 14.7. The van der Waals surface area contributed by atoms with Crippen LogP contribution in [0.3, 0.4) is 0 Å². The van der Waals surface area contributed by atoms with Gasteiger partial charge in [-0.05, 0) is 44.4 Å². The van der Waals surface area contributed by atoms with E-state index < -0.39 is 0 Å². The third-order valence-corrected chi connectivity index (χ3v) is 4.59. The van der Waals surface area contributed by atoms with Gasteiger partial charge in [0.2, 0.25) is 11.8 Å². The van der Waals surface area contributed by atoms with Crippen molar-refractivity contribution in [3.63, 3.8) is 0 Å². The van der Waals surface area contributed by atoms with Crippen molar-refractivity contribution in [2.45, 2.75) is 46.1 Å². The first-order valence-corrected chi connectivity index (χ1v) is 8.62. The third-order valence-electron chi connectivity index (χ3n) is 4.59. The van der Waals surface area contributed by atoms with Crippen molar-refractivity contribution in [1.82, 2.24) is 10.5 Å². The van der Waals surface area contributed by atoms with Crippen molar-refractivity contribution in [3.05, 3.63) is 46.8 Å². The maximum absolute atomic E-state index is 12.0. The summed E-state index contributed by atoms with van der Waals surface area (Å²) in [6.45, 7) is 5.02. The number of amides is 2. The van der Waals surface area contributed by atoms with E-state index in [2.05, 4.69) is 10.5 Å². The first-order chi connectivity index (χ1) is 12.0. The van der Waals surface area contributed by atoms with Gasteiger partial charge in [-0.2, -0.15) is 0 Å². The lowest BCUT2D eigenvalue weighted by molar-refractivity contribution is -0.121. The van der Waals surface area contributed by atoms with Crippen LogP contribution in [-0.2, 0) is 22.6 Å². The van der Waals surface area contributed by atoms with E-state index in [1.54, 1.807) is 0 Å². The molecule has 2 amide bonds. The quantitative estimate of drug-likeness (QED) is 0.876. The summed E-state index contributed by atoms with van der Waals surface area (Å²) in [5.41, 5.74) is 3.80. The van der Waals surface area contributed by atoms with Gasteiger partial charge in [0.15, 0.2) is 0 Å². The van der Waals surface area contributed by atoms with Gasteiger partial charge in [0.25, 0.3) is 0 Å². The molecule has 1 aromatic carbocycles. The van der Waals surface area contributed by atoms with Crippen molar-refractivity contribution >= 4 is 17.5 Å². The molecule has 2 heterocycles. The van der Waals surface area contributed by atoms with E-state index in [0.29, 0.717) is 25.8 Å². The SMILES string of the molecule is Cc1noc(C)c1CCC(=O)NCc1ccc(N2CCCC2=O)cc1. The number of carbonyl (C=O) groups excluding carboxylic acids is 2. The Kier molecular flexibility index (Phi) is 5.16. The van der Waals surface area contributed by atoms with E-state index in [0.717, 1.165) is 41.2 Å². The predicted octanol–water partition coefficient (Wildman–Crippen LogP) is 2.67. The predicted molar refractivity (Wildman–Crippen MR) is 94.2 cm³/mol. The van der Waals surface area contributed by atoms with Crippen molar-refractivity contribution < 1.29 is 14.1 Å². The van der Waals surface area contributed by atoms with Crippen LogP contribution < -0.4 is 10.2 Å². The summed E-state index contributed by atoms with van der Waals surface area (Å²) in [5, 5.41) is 6.83. The fourth-order valence-corrected chi connectivity index (χ4v) is 3.10. The molecule has 6 nitrogen and oxygen atoms in total. The minimum Gasteiger partial charge on any atom is -0.361 e. The molecular weight excluding hydrogens is 318 g/mol. The number of nitrogens with zero attached hydrogens (tertiary/aromatic N) is 2. The van der Waals surface area contributed by atoms with E-state index in [-0.39, 0.29) is 11.8 Å². The number of rotatable bonds is 6. The minimum absolute atomic E-state index is 0.00111. The minimum atomic E-state index is -0.00111. The number of hydrogen-bond donors (Lipinski definition) is 1. The number of benzene rings is 1. The molecule has 0 atom stereocenters. The smallest absolute Gasteiger partial charge is 0.227 e. The number of nitrogens with one attached hydrogen (secondary N) is 1. The van der Waals surface area contributed by atoms with Gasteiger partial charge in [-0.1, -0.05) is 17.3 Å². The Morgan fingerprint density at radius 1 is 1.28 bits per heavy atom. The normalized spacial score (nSPS) is 14.2. The average Bonchev–Trinajstić information content (AvgIpc) is 3.17. The van der Waals surface area contributed by atoms with Gasteiger partial charge in [-0.3, -0.25) is 9.59 Å². The van der Waals surface area contributed by atoms with Gasteiger partial charge >= 0.3 is 0 Å². The van der Waals surface area contributed by atoms with Gasteiger partial charge in [0.05, 0.1) is 5.69 Å². The maximum Gasteiger partial charge on any atom is 0.227 e. The van der Waals surface area contributed by atoms with Crippen LogP contribution in [0.15, 0.2) is 28.8 Å². The highest BCUT2D eigenvalue weighted by Gasteiger charge is 2.21. The maximum atomic E-state index is 12.0. The van der Waals surface area contributed by atoms with Crippen LogP contribution in [0, 0.1) is 13.8 Å². The average molecular weight is 341 g/mol. The Bertz CT molecular complexity index is 745. The Morgan fingerprint density at radius 2 is 2.04 bits per heavy atom. The Balaban J connectivity index is 1.48. The Hall–Kier alpha value is -2.63. The van der Waals surface area contributed by atoms with E-state index in [4.69, 9.17) is 4.52 Å². The largest absolute Gasteiger partial charge is 0.361 e. The van der Waals surface area contributed by atoms with Crippen molar-refractivity contribution in [1.29, 1.82) is 0 Å². The molecule has 0 unspecified atom stereocenters. The molecule has 0 aliphatic carbocycles. The lowest BCUT2D eigenvalue weighted by Gasteiger charge is -2.16. The highest BCUT2D eigenvalue weighted by atomic mass is 16.5.